The number of aromatic nitrogens is 2. The summed E-state index contributed by atoms with van der Waals surface area (Å²) >= 11 is 0. The summed E-state index contributed by atoms with van der Waals surface area (Å²) in [6, 6.07) is 2.25. The highest BCUT2D eigenvalue weighted by Crippen LogP contribution is 2.46. The molecule has 0 aromatic carbocycles. The number of ether oxygens (including phenoxy) is 2. The number of hydrogen-bond acceptors (Lipinski definition) is 4. The number of fused-ring (bicyclic) bond motifs is 1. The van der Waals surface area contributed by atoms with Gasteiger partial charge in [0.15, 0.2) is 5.79 Å². The summed E-state index contributed by atoms with van der Waals surface area (Å²) in [5.74, 6) is -0.413. The van der Waals surface area contributed by atoms with Gasteiger partial charge in [0, 0.05) is 31.1 Å². The zero-order valence-electron chi connectivity index (χ0n) is 13.5. The molecule has 2 aliphatic rings. The molecular weight excluding hydrogens is 278 g/mol. The number of aryl methyl sites for hydroxylation is 1. The van der Waals surface area contributed by atoms with Crippen LogP contribution in [0, 0.1) is 12.3 Å². The number of hydrogen-bond donors (Lipinski definition) is 0. The average Bonchev–Trinajstić information content (AvgIpc) is 3.10. The van der Waals surface area contributed by atoms with E-state index < -0.39 is 5.79 Å². The molecule has 0 amide bonds. The molecule has 2 aliphatic heterocycles. The minimum atomic E-state index is -0.413. The Morgan fingerprint density at radius 2 is 2.00 bits per heavy atom. The summed E-state index contributed by atoms with van der Waals surface area (Å²) in [6.07, 6.45) is 6.82. The van der Waals surface area contributed by atoms with Gasteiger partial charge in [-0.15, -0.1) is 0 Å². The van der Waals surface area contributed by atoms with Crippen molar-refractivity contribution in [1.29, 1.82) is 0 Å². The van der Waals surface area contributed by atoms with Crippen LogP contribution in [-0.4, -0.2) is 41.5 Å². The summed E-state index contributed by atoms with van der Waals surface area (Å²) in [5.41, 5.74) is 3.60. The second-order valence-corrected chi connectivity index (χ2v) is 7.09. The molecule has 2 aromatic heterocycles. The predicted octanol–water partition coefficient (Wildman–Crippen LogP) is 2.62. The average molecular weight is 301 g/mol. The standard InChI is InChI=1S/C17H23N3O2/c1-13-8-14(15-9-18-12-20(15)10-13)19-5-4-17(16(2,3)11-19)21-6-7-22-17/h8-10,12H,4-7,11H2,1-3H3. The lowest BCUT2D eigenvalue weighted by atomic mass is 9.77. The van der Waals surface area contributed by atoms with Crippen LogP contribution in [0.3, 0.4) is 0 Å². The maximum Gasteiger partial charge on any atom is 0.176 e. The van der Waals surface area contributed by atoms with E-state index in [1.807, 2.05) is 12.5 Å². The molecule has 2 fully saturated rings. The molecule has 118 valence electrons. The Morgan fingerprint density at radius 3 is 2.73 bits per heavy atom. The topological polar surface area (TPSA) is 39.0 Å². The van der Waals surface area contributed by atoms with Crippen LogP contribution >= 0.6 is 0 Å². The minimum absolute atomic E-state index is 0.0531. The molecule has 2 saturated heterocycles. The van der Waals surface area contributed by atoms with Crippen molar-refractivity contribution in [3.8, 4) is 0 Å². The van der Waals surface area contributed by atoms with Crippen molar-refractivity contribution < 1.29 is 9.47 Å². The van der Waals surface area contributed by atoms with Gasteiger partial charge in [-0.05, 0) is 18.6 Å². The highest BCUT2D eigenvalue weighted by atomic mass is 16.7. The van der Waals surface area contributed by atoms with E-state index in [0.29, 0.717) is 13.2 Å². The highest BCUT2D eigenvalue weighted by molar-refractivity contribution is 5.73. The van der Waals surface area contributed by atoms with Crippen molar-refractivity contribution in [1.82, 2.24) is 9.38 Å². The summed E-state index contributed by atoms with van der Waals surface area (Å²) < 4.78 is 14.1. The summed E-state index contributed by atoms with van der Waals surface area (Å²) in [4.78, 5) is 6.74. The summed E-state index contributed by atoms with van der Waals surface area (Å²) in [5, 5.41) is 0. The molecule has 0 N–H and O–H groups in total. The van der Waals surface area contributed by atoms with Crippen molar-refractivity contribution in [2.75, 3.05) is 31.2 Å². The van der Waals surface area contributed by atoms with Crippen LogP contribution in [0.5, 0.6) is 0 Å². The zero-order valence-corrected chi connectivity index (χ0v) is 13.5. The third kappa shape index (κ3) is 1.96. The second-order valence-electron chi connectivity index (χ2n) is 7.09. The molecular formula is C17H23N3O2. The van der Waals surface area contributed by atoms with E-state index in [4.69, 9.17) is 9.47 Å². The molecule has 0 aliphatic carbocycles. The Labute approximate surface area is 130 Å². The fourth-order valence-electron chi connectivity index (χ4n) is 3.90. The van der Waals surface area contributed by atoms with Crippen molar-refractivity contribution in [2.45, 2.75) is 33.0 Å². The van der Waals surface area contributed by atoms with Gasteiger partial charge in [0.2, 0.25) is 0 Å². The van der Waals surface area contributed by atoms with Gasteiger partial charge in [0.1, 0.15) is 0 Å². The van der Waals surface area contributed by atoms with E-state index in [2.05, 4.69) is 47.3 Å². The smallest absolute Gasteiger partial charge is 0.176 e. The van der Waals surface area contributed by atoms with E-state index in [0.717, 1.165) is 25.0 Å². The Balaban J connectivity index is 1.71. The van der Waals surface area contributed by atoms with Crippen LogP contribution in [0.1, 0.15) is 25.8 Å². The number of nitrogens with zero attached hydrogens (tertiary/aromatic N) is 3. The Bertz CT molecular complexity index is 701. The molecule has 0 atom stereocenters. The Morgan fingerprint density at radius 1 is 1.23 bits per heavy atom. The summed E-state index contributed by atoms with van der Waals surface area (Å²) in [6.45, 7) is 9.89. The number of piperidine rings is 1. The molecule has 22 heavy (non-hydrogen) atoms. The molecule has 0 radical (unpaired) electrons. The quantitative estimate of drug-likeness (QED) is 0.811. The molecule has 4 rings (SSSR count). The van der Waals surface area contributed by atoms with Gasteiger partial charge < -0.3 is 18.8 Å². The van der Waals surface area contributed by atoms with Crippen molar-refractivity contribution in [3.63, 3.8) is 0 Å². The van der Waals surface area contributed by atoms with Crippen LogP contribution in [0.25, 0.3) is 5.52 Å². The maximum absolute atomic E-state index is 6.01. The number of imidazole rings is 1. The molecule has 0 saturated carbocycles. The van der Waals surface area contributed by atoms with Crippen molar-refractivity contribution >= 4 is 11.2 Å². The molecule has 5 heteroatoms. The van der Waals surface area contributed by atoms with Gasteiger partial charge in [-0.3, -0.25) is 0 Å². The lowest BCUT2D eigenvalue weighted by Crippen LogP contribution is -2.58. The Hall–Kier alpha value is -1.59. The maximum atomic E-state index is 6.01. The van der Waals surface area contributed by atoms with Crippen LogP contribution in [0.4, 0.5) is 5.69 Å². The largest absolute Gasteiger partial charge is 0.369 e. The molecule has 2 aromatic rings. The zero-order chi connectivity index (χ0) is 15.4. The molecule has 1 spiro atoms. The first-order valence-corrected chi connectivity index (χ1v) is 7.96. The van der Waals surface area contributed by atoms with Gasteiger partial charge in [-0.1, -0.05) is 13.8 Å². The summed E-state index contributed by atoms with van der Waals surface area (Å²) in [7, 11) is 0. The fraction of sp³-hybridized carbons (Fsp3) is 0.588. The first-order chi connectivity index (χ1) is 10.5. The number of anilines is 1. The van der Waals surface area contributed by atoms with E-state index in [-0.39, 0.29) is 5.41 Å². The normalized spacial score (nSPS) is 23.5. The minimum Gasteiger partial charge on any atom is -0.369 e. The van der Waals surface area contributed by atoms with E-state index in [1.165, 1.54) is 11.3 Å². The van der Waals surface area contributed by atoms with Crippen molar-refractivity contribution in [3.05, 3.63) is 30.4 Å². The lowest BCUT2D eigenvalue weighted by molar-refractivity contribution is -0.235. The van der Waals surface area contributed by atoms with Crippen molar-refractivity contribution in [2.24, 2.45) is 5.41 Å². The first-order valence-electron chi connectivity index (χ1n) is 7.96. The van der Waals surface area contributed by atoms with Gasteiger partial charge in [0.05, 0.1) is 36.9 Å². The number of pyridine rings is 1. The molecule has 0 bridgehead atoms. The Kier molecular flexibility index (Phi) is 3.00. The van der Waals surface area contributed by atoms with Crippen LogP contribution < -0.4 is 4.90 Å². The van der Waals surface area contributed by atoms with Crippen LogP contribution in [0.2, 0.25) is 0 Å². The molecule has 5 nitrogen and oxygen atoms in total. The third-order valence-corrected chi connectivity index (χ3v) is 5.06. The van der Waals surface area contributed by atoms with Crippen LogP contribution in [-0.2, 0) is 9.47 Å². The van der Waals surface area contributed by atoms with E-state index in [1.54, 1.807) is 0 Å². The van der Waals surface area contributed by atoms with E-state index >= 15 is 0 Å². The molecule has 0 unspecified atom stereocenters. The van der Waals surface area contributed by atoms with Gasteiger partial charge in [0.25, 0.3) is 0 Å². The SMILES string of the molecule is Cc1cc(N2CCC3(OCCO3)C(C)(C)C2)c2cncn2c1. The van der Waals surface area contributed by atoms with Gasteiger partial charge >= 0.3 is 0 Å². The third-order valence-electron chi connectivity index (χ3n) is 5.06. The lowest BCUT2D eigenvalue weighted by Gasteiger charge is -2.50. The highest BCUT2D eigenvalue weighted by Gasteiger charge is 2.53. The fourth-order valence-corrected chi connectivity index (χ4v) is 3.90. The second kappa shape index (κ2) is 4.70. The van der Waals surface area contributed by atoms with E-state index in [9.17, 15) is 0 Å². The number of rotatable bonds is 1. The first kappa shape index (κ1) is 14.0. The van der Waals surface area contributed by atoms with Crippen LogP contribution in [0.15, 0.2) is 24.8 Å². The monoisotopic (exact) mass is 301 g/mol. The predicted molar refractivity (Wildman–Crippen MR) is 85.2 cm³/mol. The van der Waals surface area contributed by atoms with Gasteiger partial charge in [-0.2, -0.15) is 0 Å². The molecule has 4 heterocycles. The van der Waals surface area contributed by atoms with Gasteiger partial charge in [-0.25, -0.2) is 4.98 Å².